The number of amides is 4. The van der Waals surface area contributed by atoms with E-state index in [0.717, 1.165) is 21.9 Å². The van der Waals surface area contributed by atoms with Crippen molar-refractivity contribution in [2.45, 2.75) is 25.3 Å². The number of nitrogens with one attached hydrogen (secondary N) is 1. The molecule has 0 saturated carbocycles. The van der Waals surface area contributed by atoms with Crippen molar-refractivity contribution in [1.82, 2.24) is 14.8 Å². The van der Waals surface area contributed by atoms with Crippen LogP contribution < -0.4 is 20.5 Å². The number of carbonyl (C=O) groups is 3. The van der Waals surface area contributed by atoms with Gasteiger partial charge in [-0.15, -0.1) is 11.3 Å². The molecule has 38 heavy (non-hydrogen) atoms. The molecule has 2 fully saturated rings. The average Bonchev–Trinajstić information content (AvgIpc) is 3.41. The number of aromatic nitrogens is 1. The molecule has 0 aliphatic carbocycles. The van der Waals surface area contributed by atoms with Gasteiger partial charge in [-0.25, -0.2) is 9.69 Å². The van der Waals surface area contributed by atoms with Crippen LogP contribution in [0.15, 0.2) is 64.8 Å². The number of urea groups is 1. The van der Waals surface area contributed by atoms with E-state index < -0.39 is 23.3 Å². The Labute approximate surface area is 223 Å². The van der Waals surface area contributed by atoms with Crippen molar-refractivity contribution in [3.05, 3.63) is 80.9 Å². The third kappa shape index (κ3) is 4.13. The number of likely N-dealkylation sites (tertiary alicyclic amines) is 1. The molecule has 2 bridgehead atoms. The molecule has 2 aromatic heterocycles. The number of hydrogen-bond acceptors (Lipinski definition) is 7. The molecule has 0 spiro atoms. The van der Waals surface area contributed by atoms with Gasteiger partial charge in [-0.1, -0.05) is 12.1 Å². The molecule has 3 atom stereocenters. The standard InChI is InChI=1S/C28H28N4O5S/c1-37-21-9-7-20(8-10-21)32-26(35)28(25(34)29-27(32)36,13-22-4-3-11-38-22)17-30-14-18-12-19(16-30)23-5-2-6-24(33)31(23)15-18/h2-11,18-19H,12-17H2,1H3,(H,29,34,36)/t18-,19+,28?/m1/s1. The Balaban J connectivity index is 1.36. The molecule has 9 nitrogen and oxygen atoms in total. The van der Waals surface area contributed by atoms with Crippen LogP contribution >= 0.6 is 11.3 Å². The number of imide groups is 2. The maximum absolute atomic E-state index is 14.3. The van der Waals surface area contributed by atoms with Crippen molar-refractivity contribution in [2.75, 3.05) is 31.6 Å². The largest absolute Gasteiger partial charge is 0.497 e. The maximum Gasteiger partial charge on any atom is 0.335 e. The second-order valence-electron chi connectivity index (χ2n) is 10.3. The molecular weight excluding hydrogens is 504 g/mol. The molecule has 3 aliphatic heterocycles. The first-order valence-corrected chi connectivity index (χ1v) is 13.5. The van der Waals surface area contributed by atoms with Gasteiger partial charge in [0, 0.05) is 55.2 Å². The van der Waals surface area contributed by atoms with Gasteiger partial charge in [-0.05, 0) is 54.1 Å². The molecule has 10 heteroatoms. The molecule has 0 radical (unpaired) electrons. The molecule has 1 N–H and O–H groups in total. The van der Waals surface area contributed by atoms with Crippen LogP contribution in [0.25, 0.3) is 0 Å². The molecular formula is C28H28N4O5S. The minimum absolute atomic E-state index is 0.00953. The fourth-order valence-corrected chi connectivity index (χ4v) is 7.03. The van der Waals surface area contributed by atoms with Crippen LogP contribution in [0.2, 0.25) is 0 Å². The number of anilines is 1. The first-order chi connectivity index (χ1) is 18.4. The highest BCUT2D eigenvalue weighted by molar-refractivity contribution is 7.09. The third-order valence-electron chi connectivity index (χ3n) is 7.91. The smallest absolute Gasteiger partial charge is 0.335 e. The average molecular weight is 533 g/mol. The SMILES string of the molecule is COc1ccc(N2C(=O)NC(=O)C(Cc3cccs3)(CN3C[C@H]4C[C@@H](C3)c3cccc(=O)n3C4)C2=O)cc1. The van der Waals surface area contributed by atoms with E-state index in [4.69, 9.17) is 4.74 Å². The summed E-state index contributed by atoms with van der Waals surface area (Å²) in [7, 11) is 1.54. The van der Waals surface area contributed by atoms with Crippen LogP contribution in [0, 0.1) is 11.3 Å². The zero-order chi connectivity index (χ0) is 26.4. The molecule has 4 amide bonds. The summed E-state index contributed by atoms with van der Waals surface area (Å²) in [5, 5.41) is 4.40. The Morgan fingerprint density at radius 2 is 1.82 bits per heavy atom. The van der Waals surface area contributed by atoms with Gasteiger partial charge in [-0.3, -0.25) is 19.7 Å². The summed E-state index contributed by atoms with van der Waals surface area (Å²) in [6.07, 6.45) is 1.16. The normalized spacial score (nSPS) is 25.2. The van der Waals surface area contributed by atoms with Crippen molar-refractivity contribution in [3.63, 3.8) is 0 Å². The highest BCUT2D eigenvalue weighted by atomic mass is 32.1. The number of fused-ring (bicyclic) bond motifs is 4. The number of thiophene rings is 1. The fraction of sp³-hybridized carbons (Fsp3) is 0.357. The van der Waals surface area contributed by atoms with Gasteiger partial charge in [0.2, 0.25) is 5.91 Å². The summed E-state index contributed by atoms with van der Waals surface area (Å²) in [5.41, 5.74) is -0.101. The van der Waals surface area contributed by atoms with E-state index in [0.29, 0.717) is 31.1 Å². The van der Waals surface area contributed by atoms with Crippen molar-refractivity contribution in [1.29, 1.82) is 0 Å². The Morgan fingerprint density at radius 1 is 1.00 bits per heavy atom. The molecule has 6 rings (SSSR count). The van der Waals surface area contributed by atoms with Crippen molar-refractivity contribution in [2.24, 2.45) is 11.3 Å². The molecule has 5 heterocycles. The summed E-state index contributed by atoms with van der Waals surface area (Å²) in [6, 6.07) is 15.1. The highest BCUT2D eigenvalue weighted by Gasteiger charge is 2.56. The monoisotopic (exact) mass is 532 g/mol. The van der Waals surface area contributed by atoms with Gasteiger partial charge >= 0.3 is 6.03 Å². The van der Waals surface area contributed by atoms with Crippen molar-refractivity contribution >= 4 is 34.9 Å². The summed E-state index contributed by atoms with van der Waals surface area (Å²) in [4.78, 5) is 57.5. The van der Waals surface area contributed by atoms with Gasteiger partial charge < -0.3 is 14.2 Å². The lowest BCUT2D eigenvalue weighted by Crippen LogP contribution is -2.68. The topological polar surface area (TPSA) is 101 Å². The second-order valence-corrected chi connectivity index (χ2v) is 11.4. The number of carbonyl (C=O) groups excluding carboxylic acids is 3. The third-order valence-corrected chi connectivity index (χ3v) is 8.78. The molecule has 1 unspecified atom stereocenters. The number of benzene rings is 1. The number of piperidine rings is 1. The van der Waals surface area contributed by atoms with E-state index in [1.54, 1.807) is 43.5 Å². The van der Waals surface area contributed by atoms with E-state index in [-0.39, 0.29) is 30.4 Å². The first-order valence-electron chi connectivity index (χ1n) is 12.7. The van der Waals surface area contributed by atoms with Crippen LogP contribution in [-0.4, -0.2) is 54.1 Å². The number of rotatable bonds is 6. The second kappa shape index (κ2) is 9.52. The van der Waals surface area contributed by atoms with Crippen LogP contribution in [0.1, 0.15) is 22.9 Å². The molecule has 196 valence electrons. The molecule has 1 aromatic carbocycles. The zero-order valence-corrected chi connectivity index (χ0v) is 21.8. The van der Waals surface area contributed by atoms with E-state index in [1.165, 1.54) is 11.3 Å². The summed E-state index contributed by atoms with van der Waals surface area (Å²) >= 11 is 1.48. The quantitative estimate of drug-likeness (QED) is 0.490. The van der Waals surface area contributed by atoms with Gasteiger partial charge in [0.25, 0.3) is 11.5 Å². The summed E-state index contributed by atoms with van der Waals surface area (Å²) in [5.74, 6) is -0.133. The van der Waals surface area contributed by atoms with Crippen molar-refractivity contribution in [3.8, 4) is 5.75 Å². The van der Waals surface area contributed by atoms with E-state index >= 15 is 0 Å². The lowest BCUT2D eigenvalue weighted by molar-refractivity contribution is -0.144. The van der Waals surface area contributed by atoms with Gasteiger partial charge in [0.05, 0.1) is 12.8 Å². The van der Waals surface area contributed by atoms with E-state index in [9.17, 15) is 19.2 Å². The number of methoxy groups -OCH3 is 1. The molecule has 3 aliphatic rings. The van der Waals surface area contributed by atoms with Gasteiger partial charge in [0.15, 0.2) is 0 Å². The Bertz CT molecular complexity index is 1450. The van der Waals surface area contributed by atoms with Crippen LogP contribution in [0.4, 0.5) is 10.5 Å². The maximum atomic E-state index is 14.3. The van der Waals surface area contributed by atoms with Crippen LogP contribution in [0.5, 0.6) is 5.75 Å². The Hall–Kier alpha value is -3.76. The summed E-state index contributed by atoms with van der Waals surface area (Å²) in [6.45, 7) is 2.10. The molecule has 3 aromatic rings. The van der Waals surface area contributed by atoms with Crippen LogP contribution in [0.3, 0.4) is 0 Å². The first kappa shape index (κ1) is 24.6. The van der Waals surface area contributed by atoms with E-state index in [2.05, 4.69) is 10.2 Å². The van der Waals surface area contributed by atoms with Crippen molar-refractivity contribution < 1.29 is 19.1 Å². The number of ether oxygens (including phenoxy) is 1. The van der Waals surface area contributed by atoms with Gasteiger partial charge in [-0.2, -0.15) is 0 Å². The number of pyridine rings is 1. The predicted octanol–water partition coefficient (Wildman–Crippen LogP) is 2.85. The van der Waals surface area contributed by atoms with Gasteiger partial charge in [0.1, 0.15) is 11.2 Å². The lowest BCUT2D eigenvalue weighted by Gasteiger charge is -2.47. The minimum Gasteiger partial charge on any atom is -0.497 e. The fourth-order valence-electron chi connectivity index (χ4n) is 6.21. The Morgan fingerprint density at radius 3 is 2.55 bits per heavy atom. The number of hydrogen-bond donors (Lipinski definition) is 1. The number of nitrogens with zero attached hydrogens (tertiary/aromatic N) is 3. The predicted molar refractivity (Wildman–Crippen MR) is 142 cm³/mol. The molecule has 2 saturated heterocycles. The van der Waals surface area contributed by atoms with E-state index in [1.807, 2.05) is 28.1 Å². The lowest BCUT2D eigenvalue weighted by atomic mass is 9.77. The summed E-state index contributed by atoms with van der Waals surface area (Å²) < 4.78 is 7.08. The highest BCUT2D eigenvalue weighted by Crippen LogP contribution is 2.39. The minimum atomic E-state index is -1.49. The number of barbiturate groups is 1. The Kier molecular flexibility index (Phi) is 6.16. The zero-order valence-electron chi connectivity index (χ0n) is 21.0. The van der Waals surface area contributed by atoms with Crippen LogP contribution in [-0.2, 0) is 22.6 Å².